The zero-order valence-electron chi connectivity index (χ0n) is 12.0. The van der Waals surface area contributed by atoms with Gasteiger partial charge in [0.1, 0.15) is 11.5 Å². The SMILES string of the molecule is COc1cc(NCC(O)c2ccccc2)c(OC)cc1Cl. The largest absolute Gasteiger partial charge is 0.495 e. The molecule has 5 heteroatoms. The Bertz CT molecular complexity index is 590. The van der Waals surface area contributed by atoms with E-state index in [-0.39, 0.29) is 0 Å². The minimum absolute atomic E-state index is 0.352. The van der Waals surface area contributed by atoms with Crippen LogP contribution in [0.3, 0.4) is 0 Å². The van der Waals surface area contributed by atoms with Gasteiger partial charge in [-0.2, -0.15) is 0 Å². The molecule has 2 aromatic rings. The maximum Gasteiger partial charge on any atom is 0.143 e. The molecule has 0 heterocycles. The van der Waals surface area contributed by atoms with Gasteiger partial charge in [-0.05, 0) is 5.56 Å². The highest BCUT2D eigenvalue weighted by Crippen LogP contribution is 2.36. The van der Waals surface area contributed by atoms with Crippen LogP contribution in [0, 0.1) is 0 Å². The lowest BCUT2D eigenvalue weighted by Crippen LogP contribution is -2.12. The Kier molecular flexibility index (Phi) is 5.31. The van der Waals surface area contributed by atoms with Crippen LogP contribution in [0.4, 0.5) is 5.69 Å². The van der Waals surface area contributed by atoms with Gasteiger partial charge in [-0.15, -0.1) is 0 Å². The summed E-state index contributed by atoms with van der Waals surface area (Å²) in [6.45, 7) is 0.352. The molecule has 4 nitrogen and oxygen atoms in total. The van der Waals surface area contributed by atoms with Crippen molar-refractivity contribution in [3.8, 4) is 11.5 Å². The summed E-state index contributed by atoms with van der Waals surface area (Å²) in [5, 5.41) is 13.8. The molecular weight excluding hydrogens is 290 g/mol. The number of ether oxygens (including phenoxy) is 2. The molecule has 0 amide bonds. The smallest absolute Gasteiger partial charge is 0.143 e. The summed E-state index contributed by atoms with van der Waals surface area (Å²) >= 11 is 6.06. The molecule has 2 rings (SSSR count). The van der Waals surface area contributed by atoms with Gasteiger partial charge in [-0.3, -0.25) is 0 Å². The Morgan fingerprint density at radius 3 is 2.38 bits per heavy atom. The number of benzene rings is 2. The third-order valence-corrected chi connectivity index (χ3v) is 3.44. The molecule has 2 N–H and O–H groups in total. The molecule has 21 heavy (non-hydrogen) atoms. The number of halogens is 1. The predicted octanol–water partition coefficient (Wildman–Crippen LogP) is 3.50. The van der Waals surface area contributed by atoms with E-state index in [0.29, 0.717) is 28.8 Å². The van der Waals surface area contributed by atoms with E-state index in [0.717, 1.165) is 5.56 Å². The molecule has 0 aromatic heterocycles. The summed E-state index contributed by atoms with van der Waals surface area (Å²) in [5.74, 6) is 1.15. The first-order valence-corrected chi connectivity index (χ1v) is 6.92. The summed E-state index contributed by atoms with van der Waals surface area (Å²) in [4.78, 5) is 0. The molecule has 0 aliphatic rings. The van der Waals surface area contributed by atoms with Crippen LogP contribution in [0.1, 0.15) is 11.7 Å². The molecule has 1 atom stereocenters. The van der Waals surface area contributed by atoms with Gasteiger partial charge in [0.15, 0.2) is 0 Å². The Balaban J connectivity index is 2.12. The molecule has 0 spiro atoms. The first-order chi connectivity index (χ1) is 10.2. The van der Waals surface area contributed by atoms with Crippen molar-refractivity contribution in [1.29, 1.82) is 0 Å². The van der Waals surface area contributed by atoms with E-state index >= 15 is 0 Å². The number of nitrogens with one attached hydrogen (secondary N) is 1. The molecule has 0 saturated carbocycles. The quantitative estimate of drug-likeness (QED) is 0.857. The Labute approximate surface area is 129 Å². The molecule has 0 aliphatic heterocycles. The van der Waals surface area contributed by atoms with Gasteiger partial charge >= 0.3 is 0 Å². The topological polar surface area (TPSA) is 50.7 Å². The average Bonchev–Trinajstić information content (AvgIpc) is 2.53. The lowest BCUT2D eigenvalue weighted by molar-refractivity contribution is 0.191. The Hall–Kier alpha value is -1.91. The van der Waals surface area contributed by atoms with Crippen molar-refractivity contribution in [1.82, 2.24) is 0 Å². The Morgan fingerprint density at radius 2 is 1.76 bits per heavy atom. The molecule has 0 aliphatic carbocycles. The lowest BCUT2D eigenvalue weighted by atomic mass is 10.1. The van der Waals surface area contributed by atoms with Crippen LogP contribution in [0.5, 0.6) is 11.5 Å². The van der Waals surface area contributed by atoms with Crippen molar-refractivity contribution in [3.63, 3.8) is 0 Å². The normalized spacial score (nSPS) is 11.8. The van der Waals surface area contributed by atoms with Gasteiger partial charge in [-0.1, -0.05) is 41.9 Å². The van der Waals surface area contributed by atoms with Gasteiger partial charge in [-0.25, -0.2) is 0 Å². The number of anilines is 1. The summed E-state index contributed by atoms with van der Waals surface area (Å²) in [6, 6.07) is 12.9. The highest BCUT2D eigenvalue weighted by atomic mass is 35.5. The minimum atomic E-state index is -0.613. The summed E-state index contributed by atoms with van der Waals surface area (Å²) in [6.07, 6.45) is -0.613. The Morgan fingerprint density at radius 1 is 1.10 bits per heavy atom. The maximum atomic E-state index is 10.2. The summed E-state index contributed by atoms with van der Waals surface area (Å²) < 4.78 is 10.5. The van der Waals surface area contributed by atoms with Crippen molar-refractivity contribution in [2.24, 2.45) is 0 Å². The highest BCUT2D eigenvalue weighted by Gasteiger charge is 2.12. The minimum Gasteiger partial charge on any atom is -0.495 e. The zero-order chi connectivity index (χ0) is 15.2. The van der Waals surface area contributed by atoms with Crippen molar-refractivity contribution >= 4 is 17.3 Å². The number of hydrogen-bond donors (Lipinski definition) is 2. The zero-order valence-corrected chi connectivity index (χ0v) is 12.7. The van der Waals surface area contributed by atoms with E-state index in [1.54, 1.807) is 26.4 Å². The van der Waals surface area contributed by atoms with Crippen LogP contribution in [-0.4, -0.2) is 25.9 Å². The molecule has 2 aromatic carbocycles. The van der Waals surface area contributed by atoms with Crippen molar-refractivity contribution in [3.05, 3.63) is 53.1 Å². The predicted molar refractivity (Wildman–Crippen MR) is 84.4 cm³/mol. The molecular formula is C16H18ClNO3. The van der Waals surface area contributed by atoms with Gasteiger partial charge < -0.3 is 19.9 Å². The number of aliphatic hydroxyl groups excluding tert-OH is 1. The van der Waals surface area contributed by atoms with E-state index in [2.05, 4.69) is 5.32 Å². The van der Waals surface area contributed by atoms with Crippen LogP contribution >= 0.6 is 11.6 Å². The molecule has 0 saturated heterocycles. The number of hydrogen-bond acceptors (Lipinski definition) is 4. The number of rotatable bonds is 6. The van der Waals surface area contributed by atoms with Crippen molar-refractivity contribution in [2.75, 3.05) is 26.1 Å². The van der Waals surface area contributed by atoms with Crippen LogP contribution < -0.4 is 14.8 Å². The van der Waals surface area contributed by atoms with E-state index in [1.807, 2.05) is 30.3 Å². The van der Waals surface area contributed by atoms with E-state index in [9.17, 15) is 5.11 Å². The van der Waals surface area contributed by atoms with Crippen molar-refractivity contribution in [2.45, 2.75) is 6.10 Å². The fourth-order valence-electron chi connectivity index (χ4n) is 2.00. The average molecular weight is 308 g/mol. The standard InChI is InChI=1S/C16H18ClNO3/c1-20-15-9-13(16(21-2)8-12(15)17)18-10-14(19)11-6-4-3-5-7-11/h3-9,14,18-19H,10H2,1-2H3. The summed E-state index contributed by atoms with van der Waals surface area (Å²) in [5.41, 5.74) is 1.57. The molecule has 1 unspecified atom stereocenters. The molecule has 112 valence electrons. The third-order valence-electron chi connectivity index (χ3n) is 3.14. The van der Waals surface area contributed by atoms with E-state index in [4.69, 9.17) is 21.1 Å². The molecule has 0 bridgehead atoms. The van der Waals surface area contributed by atoms with Crippen LogP contribution in [-0.2, 0) is 0 Å². The summed E-state index contributed by atoms with van der Waals surface area (Å²) in [7, 11) is 3.12. The van der Waals surface area contributed by atoms with Gasteiger partial charge in [0.05, 0.1) is 31.0 Å². The lowest BCUT2D eigenvalue weighted by Gasteiger charge is -2.16. The van der Waals surface area contributed by atoms with Crippen LogP contribution in [0.15, 0.2) is 42.5 Å². The van der Waals surface area contributed by atoms with Gasteiger partial charge in [0.2, 0.25) is 0 Å². The monoisotopic (exact) mass is 307 g/mol. The second kappa shape index (κ2) is 7.20. The second-order valence-electron chi connectivity index (χ2n) is 4.49. The van der Waals surface area contributed by atoms with Gasteiger partial charge in [0, 0.05) is 18.7 Å². The maximum absolute atomic E-state index is 10.2. The molecule has 0 radical (unpaired) electrons. The van der Waals surface area contributed by atoms with E-state index < -0.39 is 6.10 Å². The fraction of sp³-hybridized carbons (Fsp3) is 0.250. The van der Waals surface area contributed by atoms with Crippen molar-refractivity contribution < 1.29 is 14.6 Å². The highest BCUT2D eigenvalue weighted by molar-refractivity contribution is 6.32. The fourth-order valence-corrected chi connectivity index (χ4v) is 2.23. The molecule has 0 fully saturated rings. The van der Waals surface area contributed by atoms with Crippen LogP contribution in [0.25, 0.3) is 0 Å². The first-order valence-electron chi connectivity index (χ1n) is 6.54. The van der Waals surface area contributed by atoms with Crippen LogP contribution in [0.2, 0.25) is 5.02 Å². The number of methoxy groups -OCH3 is 2. The first kappa shape index (κ1) is 15.5. The second-order valence-corrected chi connectivity index (χ2v) is 4.90. The number of aliphatic hydroxyl groups is 1. The van der Waals surface area contributed by atoms with E-state index in [1.165, 1.54) is 0 Å². The third kappa shape index (κ3) is 3.80. The van der Waals surface area contributed by atoms with Gasteiger partial charge in [0.25, 0.3) is 0 Å².